The quantitative estimate of drug-likeness (QED) is 0.268. The first-order valence-corrected chi connectivity index (χ1v) is 11.1. The van der Waals surface area contributed by atoms with Gasteiger partial charge in [-0.1, -0.05) is 104 Å². The van der Waals surface area contributed by atoms with Crippen LogP contribution in [0.5, 0.6) is 0 Å². The summed E-state index contributed by atoms with van der Waals surface area (Å²) in [6, 6.07) is 40.8. The minimum atomic E-state index is 1.08. The summed E-state index contributed by atoms with van der Waals surface area (Å²) >= 11 is 0. The van der Waals surface area contributed by atoms with Gasteiger partial charge >= 0.3 is 0 Å². The summed E-state index contributed by atoms with van der Waals surface area (Å²) in [5.74, 6) is 0. The van der Waals surface area contributed by atoms with Crippen LogP contribution in [-0.2, 0) is 0 Å². The average Bonchev–Trinajstić information content (AvgIpc) is 2.88. The fourth-order valence-electron chi connectivity index (χ4n) is 4.06. The molecule has 0 aliphatic rings. The van der Waals surface area contributed by atoms with E-state index >= 15 is 0 Å². The second kappa shape index (κ2) is 9.42. The van der Waals surface area contributed by atoms with E-state index in [9.17, 15) is 0 Å². The molecule has 0 fully saturated rings. The first-order chi connectivity index (χ1) is 16.3. The van der Waals surface area contributed by atoms with Gasteiger partial charge in [0.15, 0.2) is 0 Å². The van der Waals surface area contributed by atoms with E-state index in [0.29, 0.717) is 0 Å². The molecule has 158 valence electrons. The van der Waals surface area contributed by atoms with Crippen LogP contribution in [0.1, 0.15) is 5.56 Å². The van der Waals surface area contributed by atoms with Crippen LogP contribution < -0.4 is 5.32 Å². The maximum Gasteiger partial charge on any atom is 0.0390 e. The topological polar surface area (TPSA) is 12.0 Å². The summed E-state index contributed by atoms with van der Waals surface area (Å²) in [6.07, 6.45) is 5.83. The van der Waals surface area contributed by atoms with Gasteiger partial charge in [-0.3, -0.25) is 0 Å². The molecule has 0 aliphatic carbocycles. The number of hydrogen-bond acceptors (Lipinski definition) is 1. The summed E-state index contributed by atoms with van der Waals surface area (Å²) in [4.78, 5) is 0. The fraction of sp³-hybridized carbons (Fsp3) is 0. The lowest BCUT2D eigenvalue weighted by atomic mass is 9.98. The van der Waals surface area contributed by atoms with Gasteiger partial charge in [-0.15, -0.1) is 0 Å². The molecule has 1 heteroatoms. The van der Waals surface area contributed by atoms with Gasteiger partial charge in [0, 0.05) is 11.4 Å². The molecule has 5 aromatic carbocycles. The highest BCUT2D eigenvalue weighted by molar-refractivity contribution is 5.86. The van der Waals surface area contributed by atoms with E-state index in [1.165, 1.54) is 38.6 Å². The van der Waals surface area contributed by atoms with E-state index in [-0.39, 0.29) is 0 Å². The Morgan fingerprint density at radius 2 is 1.18 bits per heavy atom. The highest BCUT2D eigenvalue weighted by Crippen LogP contribution is 2.29. The molecule has 33 heavy (non-hydrogen) atoms. The van der Waals surface area contributed by atoms with E-state index in [0.717, 1.165) is 11.4 Å². The zero-order valence-electron chi connectivity index (χ0n) is 18.4. The minimum absolute atomic E-state index is 1.08. The Morgan fingerprint density at radius 1 is 0.515 bits per heavy atom. The van der Waals surface area contributed by atoms with Crippen LogP contribution >= 0.6 is 0 Å². The standard InChI is InChI=1S/C32H25N/c1-2-3-8-24-9-6-12-27(21-24)29-14-7-13-28(22-29)26-15-18-31(19-16-26)33-32-20-17-25-10-4-5-11-30(25)23-32/h2-23,33H,1H2/b8-3-. The summed E-state index contributed by atoms with van der Waals surface area (Å²) in [6.45, 7) is 3.75. The number of hydrogen-bond donors (Lipinski definition) is 1. The van der Waals surface area contributed by atoms with Crippen molar-refractivity contribution in [2.24, 2.45) is 0 Å². The van der Waals surface area contributed by atoms with Crippen LogP contribution in [0.3, 0.4) is 0 Å². The molecule has 0 saturated heterocycles. The predicted molar refractivity (Wildman–Crippen MR) is 144 cm³/mol. The molecule has 0 amide bonds. The Balaban J connectivity index is 1.37. The van der Waals surface area contributed by atoms with Crippen LogP contribution in [0.25, 0.3) is 39.1 Å². The molecule has 0 atom stereocenters. The molecule has 0 heterocycles. The Bertz CT molecular complexity index is 1440. The van der Waals surface area contributed by atoms with Gasteiger partial charge in [-0.05, 0) is 75.0 Å². The Hall–Kier alpha value is -4.36. The summed E-state index contributed by atoms with van der Waals surface area (Å²) in [5.41, 5.74) is 8.15. The van der Waals surface area contributed by atoms with Crippen molar-refractivity contribution >= 4 is 28.2 Å². The van der Waals surface area contributed by atoms with Crippen LogP contribution in [0.15, 0.2) is 134 Å². The van der Waals surface area contributed by atoms with Crippen molar-refractivity contribution in [2.75, 3.05) is 5.32 Å². The van der Waals surface area contributed by atoms with Crippen molar-refractivity contribution in [3.63, 3.8) is 0 Å². The minimum Gasteiger partial charge on any atom is -0.356 e. The van der Waals surface area contributed by atoms with E-state index in [4.69, 9.17) is 0 Å². The van der Waals surface area contributed by atoms with Gasteiger partial charge in [0.2, 0.25) is 0 Å². The van der Waals surface area contributed by atoms with Crippen LogP contribution in [-0.4, -0.2) is 0 Å². The van der Waals surface area contributed by atoms with Gasteiger partial charge in [0.1, 0.15) is 0 Å². The molecule has 0 saturated carbocycles. The number of allylic oxidation sites excluding steroid dienone is 2. The molecule has 1 N–H and O–H groups in total. The molecular formula is C32H25N. The maximum atomic E-state index is 3.75. The zero-order valence-corrected chi connectivity index (χ0v) is 18.4. The largest absolute Gasteiger partial charge is 0.356 e. The van der Waals surface area contributed by atoms with Crippen molar-refractivity contribution in [3.8, 4) is 22.3 Å². The highest BCUT2D eigenvalue weighted by atomic mass is 14.9. The van der Waals surface area contributed by atoms with Crippen molar-refractivity contribution in [1.82, 2.24) is 0 Å². The summed E-state index contributed by atoms with van der Waals surface area (Å²) in [5, 5.41) is 6.01. The molecule has 0 radical (unpaired) electrons. The van der Waals surface area contributed by atoms with Crippen molar-refractivity contribution in [3.05, 3.63) is 140 Å². The van der Waals surface area contributed by atoms with E-state index < -0.39 is 0 Å². The summed E-state index contributed by atoms with van der Waals surface area (Å²) < 4.78 is 0. The third-order valence-electron chi connectivity index (χ3n) is 5.76. The predicted octanol–water partition coefficient (Wildman–Crippen LogP) is 9.12. The second-order valence-electron chi connectivity index (χ2n) is 8.07. The first-order valence-electron chi connectivity index (χ1n) is 11.1. The third-order valence-corrected chi connectivity index (χ3v) is 5.76. The Kier molecular flexibility index (Phi) is 5.86. The van der Waals surface area contributed by atoms with Crippen molar-refractivity contribution in [1.29, 1.82) is 0 Å². The smallest absolute Gasteiger partial charge is 0.0390 e. The molecule has 1 nitrogen and oxygen atoms in total. The average molecular weight is 424 g/mol. The normalized spacial score (nSPS) is 11.0. The SMILES string of the molecule is C=C/C=C\c1cccc(-c2cccc(-c3ccc(Nc4ccc5ccccc5c4)cc3)c2)c1. The highest BCUT2D eigenvalue weighted by Gasteiger charge is 2.04. The second-order valence-corrected chi connectivity index (χ2v) is 8.07. The van der Waals surface area contributed by atoms with Crippen LogP contribution in [0, 0.1) is 0 Å². The van der Waals surface area contributed by atoms with Crippen molar-refractivity contribution in [2.45, 2.75) is 0 Å². The van der Waals surface area contributed by atoms with E-state index in [1.807, 2.05) is 6.08 Å². The number of rotatable bonds is 6. The molecule has 0 spiro atoms. The molecule has 5 rings (SSSR count). The Labute approximate surface area is 195 Å². The molecular weight excluding hydrogens is 398 g/mol. The number of fused-ring (bicyclic) bond motifs is 1. The molecule has 5 aromatic rings. The van der Waals surface area contributed by atoms with E-state index in [1.54, 1.807) is 6.08 Å². The van der Waals surface area contributed by atoms with Gasteiger partial charge in [0.25, 0.3) is 0 Å². The fourth-order valence-corrected chi connectivity index (χ4v) is 4.06. The monoisotopic (exact) mass is 423 g/mol. The van der Waals surface area contributed by atoms with Gasteiger partial charge in [0.05, 0.1) is 0 Å². The maximum absolute atomic E-state index is 3.75. The van der Waals surface area contributed by atoms with Crippen LogP contribution in [0.4, 0.5) is 11.4 Å². The lowest BCUT2D eigenvalue weighted by Crippen LogP contribution is -1.90. The number of nitrogens with one attached hydrogen (secondary N) is 1. The van der Waals surface area contributed by atoms with Gasteiger partial charge < -0.3 is 5.32 Å². The zero-order chi connectivity index (χ0) is 22.5. The van der Waals surface area contributed by atoms with Gasteiger partial charge in [-0.2, -0.15) is 0 Å². The summed E-state index contributed by atoms with van der Waals surface area (Å²) in [7, 11) is 0. The molecule has 0 aliphatic heterocycles. The molecule has 0 aromatic heterocycles. The number of benzene rings is 5. The molecule has 0 bridgehead atoms. The van der Waals surface area contributed by atoms with Gasteiger partial charge in [-0.25, -0.2) is 0 Å². The Morgan fingerprint density at radius 3 is 1.97 bits per heavy atom. The van der Waals surface area contributed by atoms with Crippen LogP contribution in [0.2, 0.25) is 0 Å². The molecule has 0 unspecified atom stereocenters. The van der Waals surface area contributed by atoms with E-state index in [2.05, 4.69) is 133 Å². The first kappa shape index (κ1) is 20.5. The lowest BCUT2D eigenvalue weighted by molar-refractivity contribution is 1.55. The third kappa shape index (κ3) is 4.78. The lowest BCUT2D eigenvalue weighted by Gasteiger charge is -2.10. The number of anilines is 2. The van der Waals surface area contributed by atoms with Crippen molar-refractivity contribution < 1.29 is 0 Å².